The van der Waals surface area contributed by atoms with E-state index >= 15 is 0 Å². The topological polar surface area (TPSA) is 46.4 Å². The summed E-state index contributed by atoms with van der Waals surface area (Å²) in [4.78, 5) is 13.1. The van der Waals surface area contributed by atoms with Gasteiger partial charge in [0, 0.05) is 45.7 Å². The molecule has 16 heavy (non-hydrogen) atoms. The van der Waals surface area contributed by atoms with Crippen molar-refractivity contribution in [3.63, 3.8) is 0 Å². The summed E-state index contributed by atoms with van der Waals surface area (Å²) in [5.41, 5.74) is 0. The van der Waals surface area contributed by atoms with E-state index in [2.05, 4.69) is 17.6 Å². The van der Waals surface area contributed by atoms with Gasteiger partial charge in [-0.15, -0.1) is 0 Å². The summed E-state index contributed by atoms with van der Waals surface area (Å²) in [7, 11) is 3.62. The Labute approximate surface area is 98.8 Å². The lowest BCUT2D eigenvalue weighted by atomic mass is 10.0. The molecular weight excluding hydrogens is 202 g/mol. The fourth-order valence-electron chi connectivity index (χ4n) is 1.97. The molecule has 1 heterocycles. The van der Waals surface area contributed by atoms with E-state index in [0.29, 0.717) is 18.5 Å². The zero-order valence-corrected chi connectivity index (χ0v) is 10.7. The molecule has 1 N–H and O–H groups in total. The highest BCUT2D eigenvalue weighted by atomic mass is 16.2. The van der Waals surface area contributed by atoms with Crippen LogP contribution in [0.1, 0.15) is 32.6 Å². The smallest absolute Gasteiger partial charge is 0.222 e. The van der Waals surface area contributed by atoms with Crippen molar-refractivity contribution in [2.75, 3.05) is 27.2 Å². The number of carbonyl (C=O) groups excluding carboxylic acids is 1. The zero-order valence-electron chi connectivity index (χ0n) is 10.7. The average molecular weight is 226 g/mol. The number of piperidine rings is 1. The first-order valence-corrected chi connectivity index (χ1v) is 6.19. The van der Waals surface area contributed by atoms with Crippen LogP contribution in [0.15, 0.2) is 0 Å². The average Bonchev–Trinajstić information content (AvgIpc) is 2.27. The van der Waals surface area contributed by atoms with Crippen molar-refractivity contribution in [3.8, 4) is 0 Å². The van der Waals surface area contributed by atoms with Gasteiger partial charge in [-0.3, -0.25) is 4.79 Å². The first kappa shape index (κ1) is 13.5. The van der Waals surface area contributed by atoms with E-state index in [1.165, 1.54) is 0 Å². The fraction of sp³-hybridized carbons (Fsp3) is 0.917. The molecule has 1 aliphatic heterocycles. The fourth-order valence-corrected chi connectivity index (χ4v) is 1.97. The summed E-state index contributed by atoms with van der Waals surface area (Å²) in [5, 5.41) is 7.91. The second-order valence-corrected chi connectivity index (χ2v) is 4.84. The number of amides is 1. The number of hydrogen-bond acceptors (Lipinski definition) is 2. The molecule has 93 valence electrons. The first-order chi connectivity index (χ1) is 7.59. The maximum atomic E-state index is 11.4. The van der Waals surface area contributed by atoms with Gasteiger partial charge < -0.3 is 10.2 Å². The Morgan fingerprint density at radius 1 is 1.44 bits per heavy atom. The lowest BCUT2D eigenvalue weighted by Gasteiger charge is -2.26. The Balaban J connectivity index is 2.14. The number of nitrogens with zero attached hydrogens (tertiary/aromatic N) is 2. The Kier molecular flexibility index (Phi) is 5.77. The van der Waals surface area contributed by atoms with Crippen LogP contribution in [0, 0.1) is 0 Å². The van der Waals surface area contributed by atoms with Crippen LogP contribution < -0.4 is 10.6 Å². The van der Waals surface area contributed by atoms with Crippen LogP contribution in [0.25, 0.3) is 0 Å². The van der Waals surface area contributed by atoms with Crippen molar-refractivity contribution < 1.29 is 4.79 Å². The van der Waals surface area contributed by atoms with Gasteiger partial charge in [-0.25, -0.2) is 5.32 Å². The maximum absolute atomic E-state index is 11.4. The molecule has 1 aliphatic rings. The van der Waals surface area contributed by atoms with Gasteiger partial charge in [-0.2, -0.15) is 0 Å². The summed E-state index contributed by atoms with van der Waals surface area (Å²) < 4.78 is 0. The summed E-state index contributed by atoms with van der Waals surface area (Å²) in [5.74, 6) is 0.215. The van der Waals surface area contributed by atoms with Crippen LogP contribution in [-0.2, 0) is 4.79 Å². The molecule has 0 aromatic rings. The molecule has 1 amide bonds. The highest BCUT2D eigenvalue weighted by molar-refractivity contribution is 5.75. The van der Waals surface area contributed by atoms with E-state index in [0.717, 1.165) is 32.4 Å². The van der Waals surface area contributed by atoms with Crippen LogP contribution in [0.4, 0.5) is 0 Å². The number of rotatable bonds is 5. The van der Waals surface area contributed by atoms with Gasteiger partial charge in [0.05, 0.1) is 0 Å². The molecule has 1 saturated heterocycles. The van der Waals surface area contributed by atoms with Gasteiger partial charge in [-0.1, -0.05) is 0 Å². The minimum absolute atomic E-state index is 0.215. The molecule has 0 bridgehead atoms. The predicted octanol–water partition coefficient (Wildman–Crippen LogP) is 0.600. The highest BCUT2D eigenvalue weighted by Gasteiger charge is 2.16. The molecule has 0 spiro atoms. The van der Waals surface area contributed by atoms with Gasteiger partial charge in [0.1, 0.15) is 0 Å². The quantitative estimate of drug-likeness (QED) is 0.746. The maximum Gasteiger partial charge on any atom is 0.222 e. The Morgan fingerprint density at radius 2 is 2.06 bits per heavy atom. The molecule has 1 unspecified atom stereocenters. The van der Waals surface area contributed by atoms with E-state index in [9.17, 15) is 4.79 Å². The summed E-state index contributed by atoms with van der Waals surface area (Å²) in [6.45, 7) is 4.14. The third kappa shape index (κ3) is 4.94. The molecule has 0 aromatic carbocycles. The van der Waals surface area contributed by atoms with E-state index in [1.807, 2.05) is 14.1 Å². The third-order valence-corrected chi connectivity index (χ3v) is 3.08. The summed E-state index contributed by atoms with van der Waals surface area (Å²) in [6, 6.07) is 1.02. The molecule has 0 aromatic heterocycles. The molecule has 1 rings (SSSR count). The zero-order chi connectivity index (χ0) is 12.0. The first-order valence-electron chi connectivity index (χ1n) is 6.19. The molecule has 1 atom stereocenters. The van der Waals surface area contributed by atoms with Crippen molar-refractivity contribution in [2.45, 2.75) is 44.7 Å². The van der Waals surface area contributed by atoms with Gasteiger partial charge in [-0.05, 0) is 26.2 Å². The molecule has 0 aliphatic carbocycles. The SMILES string of the molecule is CC(CCC(=O)N(C)C)NC1CC[N]CC1. The monoisotopic (exact) mass is 226 g/mol. The summed E-state index contributed by atoms with van der Waals surface area (Å²) in [6.07, 6.45) is 3.85. The van der Waals surface area contributed by atoms with Crippen molar-refractivity contribution in [3.05, 3.63) is 0 Å². The van der Waals surface area contributed by atoms with E-state index < -0.39 is 0 Å². The van der Waals surface area contributed by atoms with Crippen molar-refractivity contribution >= 4 is 5.91 Å². The van der Waals surface area contributed by atoms with Crippen LogP contribution in [0.2, 0.25) is 0 Å². The molecule has 0 saturated carbocycles. The summed E-state index contributed by atoms with van der Waals surface area (Å²) >= 11 is 0. The van der Waals surface area contributed by atoms with Gasteiger partial charge in [0.2, 0.25) is 5.91 Å². The Hall–Kier alpha value is -0.610. The van der Waals surface area contributed by atoms with E-state index in [4.69, 9.17) is 0 Å². The highest BCUT2D eigenvalue weighted by Crippen LogP contribution is 2.07. The Morgan fingerprint density at radius 3 is 2.62 bits per heavy atom. The Bertz CT molecular complexity index is 212. The van der Waals surface area contributed by atoms with Crippen molar-refractivity contribution in [1.29, 1.82) is 0 Å². The van der Waals surface area contributed by atoms with Gasteiger partial charge >= 0.3 is 0 Å². The third-order valence-electron chi connectivity index (χ3n) is 3.08. The van der Waals surface area contributed by atoms with Crippen LogP contribution >= 0.6 is 0 Å². The lowest BCUT2D eigenvalue weighted by Crippen LogP contribution is -2.42. The predicted molar refractivity (Wildman–Crippen MR) is 65.4 cm³/mol. The van der Waals surface area contributed by atoms with Crippen LogP contribution in [0.5, 0.6) is 0 Å². The van der Waals surface area contributed by atoms with Crippen LogP contribution in [0.3, 0.4) is 0 Å². The van der Waals surface area contributed by atoms with E-state index in [-0.39, 0.29) is 5.91 Å². The van der Waals surface area contributed by atoms with Crippen molar-refractivity contribution in [1.82, 2.24) is 15.5 Å². The molecule has 1 fully saturated rings. The minimum Gasteiger partial charge on any atom is -0.349 e. The lowest BCUT2D eigenvalue weighted by molar-refractivity contribution is -0.128. The normalized spacial score (nSPS) is 19.4. The van der Waals surface area contributed by atoms with Gasteiger partial charge in [0.15, 0.2) is 0 Å². The molecule has 4 nitrogen and oxygen atoms in total. The second-order valence-electron chi connectivity index (χ2n) is 4.84. The van der Waals surface area contributed by atoms with Crippen molar-refractivity contribution in [2.24, 2.45) is 0 Å². The molecular formula is C12H24N3O. The molecule has 4 heteroatoms. The number of nitrogens with one attached hydrogen (secondary N) is 1. The minimum atomic E-state index is 0.215. The number of carbonyl (C=O) groups is 1. The number of hydrogen-bond donors (Lipinski definition) is 1. The van der Waals surface area contributed by atoms with E-state index in [1.54, 1.807) is 4.90 Å². The molecule has 1 radical (unpaired) electrons. The van der Waals surface area contributed by atoms with Crippen LogP contribution in [-0.4, -0.2) is 50.1 Å². The standard InChI is InChI=1S/C12H24N3O/c1-10(4-5-12(16)15(2)3)14-11-6-8-13-9-7-11/h10-11,14H,4-9H2,1-3H3. The second kappa shape index (κ2) is 6.86. The van der Waals surface area contributed by atoms with Gasteiger partial charge in [0.25, 0.3) is 0 Å². The largest absolute Gasteiger partial charge is 0.349 e.